The summed E-state index contributed by atoms with van der Waals surface area (Å²) < 4.78 is 43.1. The van der Waals surface area contributed by atoms with Gasteiger partial charge >= 0.3 is 64.5 Å². The molecule has 128 valence electrons. The first-order valence-electron chi connectivity index (χ1n) is 7.70. The van der Waals surface area contributed by atoms with Crippen LogP contribution in [0, 0.1) is 0 Å². The van der Waals surface area contributed by atoms with Crippen LogP contribution in [0.1, 0.15) is 45.2 Å². The quantitative estimate of drug-likeness (QED) is 0.704. The topological polar surface area (TPSA) is 42.4 Å². The monoisotopic (exact) mass is 368 g/mol. The van der Waals surface area contributed by atoms with Crippen molar-refractivity contribution in [2.75, 3.05) is 13.1 Å². The van der Waals surface area contributed by atoms with E-state index in [-0.39, 0.29) is 63.4 Å². The van der Waals surface area contributed by atoms with Crippen LogP contribution in [0.2, 0.25) is 0 Å². The molecule has 0 bridgehead atoms. The minimum atomic E-state index is -5.01. The molecule has 0 aliphatic carbocycles. The predicted molar refractivity (Wildman–Crippen MR) is 82.7 cm³/mol. The number of aromatic nitrogens is 1. The Morgan fingerprint density at radius 3 is 2.25 bits per heavy atom. The molecule has 9 heteroatoms. The Balaban J connectivity index is 0.00000288. The van der Waals surface area contributed by atoms with E-state index >= 15 is 0 Å². The molecular formula is C15H21BF3KN2O2. The number of amides is 1. The van der Waals surface area contributed by atoms with E-state index in [1.165, 1.54) is 6.07 Å². The number of halogens is 3. The van der Waals surface area contributed by atoms with Gasteiger partial charge in [-0.2, -0.15) is 0 Å². The molecule has 0 aromatic carbocycles. The molecule has 1 aromatic rings. The van der Waals surface area contributed by atoms with Crippen molar-refractivity contribution in [1.82, 2.24) is 9.88 Å². The first kappa shape index (κ1) is 22.0. The predicted octanol–water partition coefficient (Wildman–Crippen LogP) is 0.255. The van der Waals surface area contributed by atoms with Crippen molar-refractivity contribution in [3.05, 3.63) is 24.0 Å². The van der Waals surface area contributed by atoms with Crippen molar-refractivity contribution in [3.8, 4) is 0 Å². The fraction of sp³-hybridized carbons (Fsp3) is 0.600. The second kappa shape index (κ2) is 8.53. The normalized spacial score (nSPS) is 16.5. The Bertz CT molecular complexity index is 553. The van der Waals surface area contributed by atoms with E-state index in [2.05, 4.69) is 4.98 Å². The van der Waals surface area contributed by atoms with E-state index in [9.17, 15) is 17.7 Å². The Morgan fingerprint density at radius 1 is 1.25 bits per heavy atom. The average Bonchev–Trinajstić information content (AvgIpc) is 2.45. The van der Waals surface area contributed by atoms with Crippen molar-refractivity contribution in [3.63, 3.8) is 0 Å². The molecule has 0 saturated carbocycles. The van der Waals surface area contributed by atoms with E-state index in [1.807, 2.05) is 20.8 Å². The molecule has 1 saturated heterocycles. The van der Waals surface area contributed by atoms with Crippen LogP contribution >= 0.6 is 0 Å². The fourth-order valence-electron chi connectivity index (χ4n) is 2.54. The van der Waals surface area contributed by atoms with Crippen LogP contribution < -0.4 is 56.8 Å². The van der Waals surface area contributed by atoms with Crippen molar-refractivity contribution >= 4 is 18.5 Å². The summed E-state index contributed by atoms with van der Waals surface area (Å²) in [5, 5.41) is 0. The standard InChI is InChI=1S/C15H21BF3N2O2.K/c1-15(2,3)23-14(22)21-8-6-11(7-9-21)13-5-4-12(10-20-13)16(17,18)19;/h4-5,10-11H,6-9H2,1-3H3;/q-1;+1. The molecule has 1 fully saturated rings. The van der Waals surface area contributed by atoms with Gasteiger partial charge in [-0.25, -0.2) is 4.79 Å². The van der Waals surface area contributed by atoms with Crippen molar-refractivity contribution in [2.24, 2.45) is 0 Å². The molecule has 0 N–H and O–H groups in total. The largest absolute Gasteiger partial charge is 1.00 e. The average molecular weight is 368 g/mol. The van der Waals surface area contributed by atoms with Crippen LogP contribution in [0.15, 0.2) is 18.3 Å². The number of nitrogens with zero attached hydrogens (tertiary/aromatic N) is 2. The summed E-state index contributed by atoms with van der Waals surface area (Å²) in [4.78, 5) is 17.6. The zero-order chi connectivity index (χ0) is 17.3. The third kappa shape index (κ3) is 6.33. The Labute approximate surface area is 183 Å². The van der Waals surface area contributed by atoms with Gasteiger partial charge in [0.25, 0.3) is 0 Å². The smallest absolute Gasteiger partial charge is 0.445 e. The molecular weight excluding hydrogens is 347 g/mol. The Hall–Kier alpha value is -0.0887. The van der Waals surface area contributed by atoms with Crippen molar-refractivity contribution in [2.45, 2.75) is 45.1 Å². The van der Waals surface area contributed by atoms with Gasteiger partial charge in [-0.3, -0.25) is 4.98 Å². The summed E-state index contributed by atoms with van der Waals surface area (Å²) >= 11 is 0. The number of carbonyl (C=O) groups is 1. The summed E-state index contributed by atoms with van der Waals surface area (Å²) in [6, 6.07) is 2.53. The van der Waals surface area contributed by atoms with Crippen LogP contribution in [0.3, 0.4) is 0 Å². The number of hydrogen-bond donors (Lipinski definition) is 0. The molecule has 1 amide bonds. The van der Waals surface area contributed by atoms with E-state index < -0.39 is 18.0 Å². The van der Waals surface area contributed by atoms with E-state index in [0.717, 1.165) is 12.3 Å². The molecule has 0 unspecified atom stereocenters. The third-order valence-electron chi connectivity index (χ3n) is 3.75. The molecule has 0 atom stereocenters. The van der Waals surface area contributed by atoms with Gasteiger partial charge in [-0.1, -0.05) is 11.5 Å². The number of pyridine rings is 1. The van der Waals surface area contributed by atoms with Gasteiger partial charge < -0.3 is 22.6 Å². The Morgan fingerprint density at radius 2 is 1.83 bits per heavy atom. The zero-order valence-electron chi connectivity index (χ0n) is 14.6. The van der Waals surface area contributed by atoms with Crippen LogP contribution in [-0.4, -0.2) is 41.6 Å². The second-order valence-electron chi connectivity index (χ2n) is 6.83. The van der Waals surface area contributed by atoms with Crippen molar-refractivity contribution in [1.29, 1.82) is 0 Å². The van der Waals surface area contributed by atoms with Crippen LogP contribution in [-0.2, 0) is 4.74 Å². The summed E-state index contributed by atoms with van der Waals surface area (Å²) in [6.45, 7) is 1.47. The summed E-state index contributed by atoms with van der Waals surface area (Å²) in [7, 11) is 0. The van der Waals surface area contributed by atoms with Gasteiger partial charge in [0.1, 0.15) is 5.60 Å². The maximum absolute atomic E-state index is 12.6. The van der Waals surface area contributed by atoms with Crippen molar-refractivity contribution < 1.29 is 73.9 Å². The molecule has 4 nitrogen and oxygen atoms in total. The van der Waals surface area contributed by atoms with Gasteiger partial charge in [0.15, 0.2) is 0 Å². The molecule has 2 rings (SSSR count). The van der Waals surface area contributed by atoms with Gasteiger partial charge in [0.05, 0.1) is 0 Å². The zero-order valence-corrected chi connectivity index (χ0v) is 17.7. The summed E-state index contributed by atoms with van der Waals surface area (Å²) in [5.74, 6) is 0.0727. The van der Waals surface area contributed by atoms with Gasteiger partial charge in [-0.05, 0) is 39.7 Å². The first-order valence-corrected chi connectivity index (χ1v) is 7.70. The van der Waals surface area contributed by atoms with E-state index in [4.69, 9.17) is 4.74 Å². The number of likely N-dealkylation sites (tertiary alicyclic amines) is 1. The number of carbonyl (C=O) groups excluding carboxylic acids is 1. The molecule has 24 heavy (non-hydrogen) atoms. The molecule has 1 aromatic heterocycles. The third-order valence-corrected chi connectivity index (χ3v) is 3.75. The van der Waals surface area contributed by atoms with Crippen LogP contribution in [0.4, 0.5) is 17.7 Å². The number of rotatable bonds is 2. The minimum Gasteiger partial charge on any atom is -0.445 e. The van der Waals surface area contributed by atoms with E-state index in [0.29, 0.717) is 31.6 Å². The molecule has 0 radical (unpaired) electrons. The van der Waals surface area contributed by atoms with Crippen LogP contribution in [0.25, 0.3) is 0 Å². The SMILES string of the molecule is CC(C)(C)OC(=O)N1CCC(c2ccc([B-](F)(F)F)cn2)CC1.[K+]. The fourth-order valence-corrected chi connectivity index (χ4v) is 2.54. The molecule has 0 spiro atoms. The number of piperidine rings is 1. The molecule has 2 heterocycles. The van der Waals surface area contributed by atoms with Gasteiger partial charge in [-0.15, -0.1) is 0 Å². The van der Waals surface area contributed by atoms with Crippen LogP contribution in [0.5, 0.6) is 0 Å². The number of hydrogen-bond acceptors (Lipinski definition) is 3. The number of ether oxygens (including phenoxy) is 1. The summed E-state index contributed by atoms with van der Waals surface area (Å²) in [6.07, 6.45) is 1.89. The maximum Gasteiger partial charge on any atom is 1.00 e. The summed E-state index contributed by atoms with van der Waals surface area (Å²) in [5.41, 5.74) is -0.567. The van der Waals surface area contributed by atoms with Gasteiger partial charge in [0.2, 0.25) is 0 Å². The molecule has 1 aliphatic heterocycles. The minimum absolute atomic E-state index is 0. The van der Waals surface area contributed by atoms with E-state index in [1.54, 1.807) is 4.90 Å². The Kier molecular flexibility index (Phi) is 7.80. The molecule has 1 aliphatic rings. The van der Waals surface area contributed by atoms with Gasteiger partial charge in [0, 0.05) is 30.9 Å². The maximum atomic E-state index is 12.6. The first-order chi connectivity index (χ1) is 10.6. The second-order valence-corrected chi connectivity index (χ2v) is 6.83.